The van der Waals surface area contributed by atoms with Gasteiger partial charge in [0.05, 0.1) is 22.9 Å². The molecule has 0 aliphatic rings. The summed E-state index contributed by atoms with van der Waals surface area (Å²) in [4.78, 5) is 13.2. The Bertz CT molecular complexity index is 1210. The van der Waals surface area contributed by atoms with Crippen LogP contribution in [0, 0.1) is 11.3 Å². The molecule has 1 atom stereocenters. The van der Waals surface area contributed by atoms with Crippen molar-refractivity contribution >= 4 is 0 Å². The molecule has 0 unspecified atom stereocenters. The van der Waals surface area contributed by atoms with Crippen LogP contribution in [0.4, 0.5) is 0 Å². The zero-order chi connectivity index (χ0) is 21.1. The normalized spacial score (nSPS) is 11.7. The molecule has 4 aromatic rings. The summed E-state index contributed by atoms with van der Waals surface area (Å²) in [6.45, 7) is 1.87. The molecule has 1 aromatic carbocycles. The van der Waals surface area contributed by atoms with Crippen LogP contribution >= 0.6 is 0 Å². The standard InChI is InChI=1S/C22H19N7O/c1-14(24)16-12-26-22(27-13-16)17-7-6-15(11-23)9-20(17)30-21-10-19(28-29(21)2)18-5-3-4-8-25-18/h3-10,12-14H,24H2,1-2H3/t14-/m1/s1. The Balaban J connectivity index is 1.72. The van der Waals surface area contributed by atoms with Crippen LogP contribution in [0.1, 0.15) is 24.1 Å². The Morgan fingerprint density at radius 2 is 1.87 bits per heavy atom. The lowest BCUT2D eigenvalue weighted by Crippen LogP contribution is -2.06. The molecule has 30 heavy (non-hydrogen) atoms. The second-order valence-corrected chi connectivity index (χ2v) is 6.76. The van der Waals surface area contributed by atoms with E-state index in [1.54, 1.807) is 54.6 Å². The van der Waals surface area contributed by atoms with E-state index >= 15 is 0 Å². The Labute approximate surface area is 173 Å². The van der Waals surface area contributed by atoms with Gasteiger partial charge in [-0.05, 0) is 37.3 Å². The SMILES string of the molecule is C[C@@H](N)c1cnc(-c2ccc(C#N)cc2Oc2cc(-c3ccccn3)nn2C)nc1. The molecule has 0 saturated heterocycles. The third-order valence-corrected chi connectivity index (χ3v) is 4.53. The molecule has 0 amide bonds. The van der Waals surface area contributed by atoms with E-state index in [-0.39, 0.29) is 6.04 Å². The van der Waals surface area contributed by atoms with Crippen molar-refractivity contribution in [3.05, 3.63) is 72.2 Å². The minimum atomic E-state index is -0.157. The van der Waals surface area contributed by atoms with E-state index in [0.29, 0.717) is 34.3 Å². The summed E-state index contributed by atoms with van der Waals surface area (Å²) in [6.07, 6.45) is 5.10. The van der Waals surface area contributed by atoms with Crippen molar-refractivity contribution in [2.75, 3.05) is 0 Å². The summed E-state index contributed by atoms with van der Waals surface area (Å²) in [5, 5.41) is 13.8. The smallest absolute Gasteiger partial charge is 0.218 e. The van der Waals surface area contributed by atoms with Gasteiger partial charge in [-0.1, -0.05) is 6.07 Å². The number of aryl methyl sites for hydroxylation is 1. The molecule has 0 aliphatic heterocycles. The lowest BCUT2D eigenvalue weighted by molar-refractivity contribution is 0.432. The van der Waals surface area contributed by atoms with Gasteiger partial charge in [-0.2, -0.15) is 10.4 Å². The van der Waals surface area contributed by atoms with Crippen LogP contribution < -0.4 is 10.5 Å². The Hall–Kier alpha value is -4.09. The molecule has 2 N–H and O–H groups in total. The van der Waals surface area contributed by atoms with E-state index in [2.05, 4.69) is 26.1 Å². The van der Waals surface area contributed by atoms with Crippen molar-refractivity contribution in [1.82, 2.24) is 24.7 Å². The van der Waals surface area contributed by atoms with Crippen molar-refractivity contribution in [1.29, 1.82) is 5.26 Å². The van der Waals surface area contributed by atoms with E-state index in [0.717, 1.165) is 11.3 Å². The second kappa shape index (κ2) is 8.11. The number of pyridine rings is 1. The predicted octanol–water partition coefficient (Wildman–Crippen LogP) is 3.62. The van der Waals surface area contributed by atoms with E-state index in [1.165, 1.54) is 0 Å². The molecule has 0 spiro atoms. The van der Waals surface area contributed by atoms with Gasteiger partial charge in [0, 0.05) is 43.3 Å². The summed E-state index contributed by atoms with van der Waals surface area (Å²) < 4.78 is 7.75. The monoisotopic (exact) mass is 397 g/mol. The number of nitriles is 1. The number of nitrogens with zero attached hydrogens (tertiary/aromatic N) is 6. The highest BCUT2D eigenvalue weighted by atomic mass is 16.5. The molecular weight excluding hydrogens is 378 g/mol. The molecule has 0 fully saturated rings. The van der Waals surface area contributed by atoms with Crippen molar-refractivity contribution in [2.24, 2.45) is 12.8 Å². The van der Waals surface area contributed by atoms with Crippen molar-refractivity contribution in [3.8, 4) is 40.5 Å². The number of benzene rings is 1. The fourth-order valence-electron chi connectivity index (χ4n) is 2.87. The Kier molecular flexibility index (Phi) is 5.20. The van der Waals surface area contributed by atoms with E-state index in [9.17, 15) is 5.26 Å². The molecule has 0 aliphatic carbocycles. The van der Waals surface area contributed by atoms with Crippen LogP contribution in [0.15, 0.2) is 61.1 Å². The summed E-state index contributed by atoms with van der Waals surface area (Å²) in [6, 6.07) is 14.5. The number of hydrogen-bond donors (Lipinski definition) is 1. The van der Waals surface area contributed by atoms with Gasteiger partial charge in [0.15, 0.2) is 5.82 Å². The fourth-order valence-corrected chi connectivity index (χ4v) is 2.87. The van der Waals surface area contributed by atoms with Crippen LogP contribution in [0.25, 0.3) is 22.8 Å². The van der Waals surface area contributed by atoms with Crippen LogP contribution in [-0.4, -0.2) is 24.7 Å². The maximum atomic E-state index is 9.32. The lowest BCUT2D eigenvalue weighted by Gasteiger charge is -2.11. The van der Waals surface area contributed by atoms with Gasteiger partial charge in [0.2, 0.25) is 5.88 Å². The van der Waals surface area contributed by atoms with Crippen molar-refractivity contribution < 1.29 is 4.74 Å². The molecule has 0 saturated carbocycles. The van der Waals surface area contributed by atoms with Crippen LogP contribution in [0.3, 0.4) is 0 Å². The Morgan fingerprint density at radius 3 is 2.53 bits per heavy atom. The fraction of sp³-hybridized carbons (Fsp3) is 0.136. The van der Waals surface area contributed by atoms with E-state index in [1.807, 2.05) is 25.1 Å². The highest BCUT2D eigenvalue weighted by molar-refractivity contribution is 5.66. The highest BCUT2D eigenvalue weighted by Crippen LogP contribution is 2.33. The van der Waals surface area contributed by atoms with Gasteiger partial charge >= 0.3 is 0 Å². The van der Waals surface area contributed by atoms with Crippen LogP contribution in [0.5, 0.6) is 11.6 Å². The first-order valence-corrected chi connectivity index (χ1v) is 9.30. The molecule has 148 valence electrons. The minimum absolute atomic E-state index is 0.157. The first-order valence-electron chi connectivity index (χ1n) is 9.30. The molecule has 0 radical (unpaired) electrons. The average molecular weight is 397 g/mol. The van der Waals surface area contributed by atoms with Gasteiger partial charge in [0.1, 0.15) is 11.4 Å². The molecular formula is C22H19N7O. The first kappa shape index (κ1) is 19.2. The maximum absolute atomic E-state index is 9.32. The predicted molar refractivity (Wildman–Crippen MR) is 111 cm³/mol. The van der Waals surface area contributed by atoms with Gasteiger partial charge in [-0.25, -0.2) is 14.6 Å². The topological polar surface area (TPSA) is 116 Å². The summed E-state index contributed by atoms with van der Waals surface area (Å²) >= 11 is 0. The molecule has 8 nitrogen and oxygen atoms in total. The molecule has 0 bridgehead atoms. The lowest BCUT2D eigenvalue weighted by atomic mass is 10.1. The number of rotatable bonds is 5. The highest BCUT2D eigenvalue weighted by Gasteiger charge is 2.16. The quantitative estimate of drug-likeness (QED) is 0.547. The number of hydrogen-bond acceptors (Lipinski definition) is 7. The minimum Gasteiger partial charge on any atom is -0.438 e. The largest absolute Gasteiger partial charge is 0.438 e. The second-order valence-electron chi connectivity index (χ2n) is 6.76. The summed E-state index contributed by atoms with van der Waals surface area (Å²) in [5.74, 6) is 1.43. The maximum Gasteiger partial charge on any atom is 0.218 e. The third-order valence-electron chi connectivity index (χ3n) is 4.53. The summed E-state index contributed by atoms with van der Waals surface area (Å²) in [5.41, 5.74) is 9.27. The molecule has 4 rings (SSSR count). The van der Waals surface area contributed by atoms with E-state index < -0.39 is 0 Å². The van der Waals surface area contributed by atoms with Crippen molar-refractivity contribution in [3.63, 3.8) is 0 Å². The number of nitrogens with two attached hydrogens (primary N) is 1. The van der Waals surface area contributed by atoms with Gasteiger partial charge in [0.25, 0.3) is 0 Å². The van der Waals surface area contributed by atoms with Crippen LogP contribution in [0.2, 0.25) is 0 Å². The van der Waals surface area contributed by atoms with Crippen molar-refractivity contribution in [2.45, 2.75) is 13.0 Å². The van der Waals surface area contributed by atoms with E-state index in [4.69, 9.17) is 10.5 Å². The Morgan fingerprint density at radius 1 is 1.07 bits per heavy atom. The summed E-state index contributed by atoms with van der Waals surface area (Å²) in [7, 11) is 1.78. The number of aromatic nitrogens is 5. The van der Waals surface area contributed by atoms with Gasteiger partial charge < -0.3 is 10.5 Å². The average Bonchev–Trinajstić information content (AvgIpc) is 3.14. The first-order chi connectivity index (χ1) is 14.5. The molecule has 8 heteroatoms. The van der Waals surface area contributed by atoms with Gasteiger partial charge in [-0.15, -0.1) is 0 Å². The molecule has 3 heterocycles. The van der Waals surface area contributed by atoms with Crippen LogP contribution in [-0.2, 0) is 7.05 Å². The third kappa shape index (κ3) is 3.87. The zero-order valence-electron chi connectivity index (χ0n) is 16.5. The van der Waals surface area contributed by atoms with Gasteiger partial charge in [-0.3, -0.25) is 4.98 Å². The molecule has 3 aromatic heterocycles. The zero-order valence-corrected chi connectivity index (χ0v) is 16.5. The number of ether oxygens (including phenoxy) is 1.